The van der Waals surface area contributed by atoms with Crippen molar-refractivity contribution in [2.24, 2.45) is 5.73 Å². The van der Waals surface area contributed by atoms with Crippen LogP contribution < -0.4 is 5.73 Å². The van der Waals surface area contributed by atoms with E-state index in [4.69, 9.17) is 10.3 Å². The Bertz CT molecular complexity index is 504. The van der Waals surface area contributed by atoms with Crippen molar-refractivity contribution in [2.45, 2.75) is 23.5 Å². The Hall–Kier alpha value is -0.850. The van der Waals surface area contributed by atoms with Gasteiger partial charge in [-0.1, -0.05) is 17.3 Å². The molecule has 18 heavy (non-hydrogen) atoms. The maximum atomic E-state index is 5.44. The van der Waals surface area contributed by atoms with Crippen molar-refractivity contribution in [3.8, 4) is 0 Å². The van der Waals surface area contributed by atoms with Gasteiger partial charge >= 0.3 is 0 Å². The van der Waals surface area contributed by atoms with Gasteiger partial charge in [0.1, 0.15) is 0 Å². The van der Waals surface area contributed by atoms with Crippen LogP contribution in [-0.2, 0) is 12.2 Å². The van der Waals surface area contributed by atoms with Gasteiger partial charge in [0.2, 0.25) is 5.89 Å². The molecule has 2 aromatic rings. The van der Waals surface area contributed by atoms with Crippen LogP contribution in [0.2, 0.25) is 0 Å². The fourth-order valence-electron chi connectivity index (χ4n) is 1.41. The summed E-state index contributed by atoms with van der Waals surface area (Å²) in [6.07, 6.45) is 1.63. The highest BCUT2D eigenvalue weighted by atomic mass is 79.9. The Morgan fingerprint density at radius 3 is 2.94 bits per heavy atom. The van der Waals surface area contributed by atoms with Crippen LogP contribution in [0.1, 0.15) is 18.1 Å². The van der Waals surface area contributed by atoms with Gasteiger partial charge in [-0.15, -0.1) is 11.8 Å². The Morgan fingerprint density at radius 1 is 1.33 bits per heavy atom. The molecule has 2 N–H and O–H groups in total. The van der Waals surface area contributed by atoms with Crippen molar-refractivity contribution >= 4 is 27.7 Å². The molecule has 2 rings (SSSR count). The second-order valence-corrected chi connectivity index (χ2v) is 5.59. The van der Waals surface area contributed by atoms with Gasteiger partial charge in [-0.05, 0) is 41.0 Å². The lowest BCUT2D eigenvalue weighted by molar-refractivity contribution is 0.372. The van der Waals surface area contributed by atoms with Crippen LogP contribution in [0.5, 0.6) is 0 Å². The van der Waals surface area contributed by atoms with Crippen molar-refractivity contribution in [3.63, 3.8) is 0 Å². The molecule has 0 aliphatic carbocycles. The lowest BCUT2D eigenvalue weighted by atomic mass is 10.3. The van der Waals surface area contributed by atoms with Gasteiger partial charge in [-0.2, -0.15) is 4.98 Å². The first kappa shape index (κ1) is 13.6. The summed E-state index contributed by atoms with van der Waals surface area (Å²) in [5.74, 6) is 2.10. The second kappa shape index (κ2) is 6.92. The Labute approximate surface area is 118 Å². The predicted octanol–water partition coefficient (Wildman–Crippen LogP) is 3.02. The second-order valence-electron chi connectivity index (χ2n) is 3.72. The number of thioether (sulfide) groups is 1. The van der Waals surface area contributed by atoms with Crippen molar-refractivity contribution in [1.82, 2.24) is 10.1 Å². The van der Waals surface area contributed by atoms with Gasteiger partial charge in [0.25, 0.3) is 0 Å². The standard InChI is InChI=1S/C12H14BrN3OS/c13-9-4-1-2-5-10(9)18-8-11-15-12(17-16-11)6-3-7-14/h1-2,4-5H,3,6-8,14H2. The van der Waals surface area contributed by atoms with E-state index in [-0.39, 0.29) is 0 Å². The summed E-state index contributed by atoms with van der Waals surface area (Å²) in [5.41, 5.74) is 5.44. The minimum Gasteiger partial charge on any atom is -0.339 e. The first-order valence-electron chi connectivity index (χ1n) is 5.68. The van der Waals surface area contributed by atoms with Crippen LogP contribution in [0.3, 0.4) is 0 Å². The molecule has 0 fully saturated rings. The highest BCUT2D eigenvalue weighted by Gasteiger charge is 2.07. The van der Waals surface area contributed by atoms with Crippen LogP contribution in [0.4, 0.5) is 0 Å². The van der Waals surface area contributed by atoms with Gasteiger partial charge < -0.3 is 10.3 Å². The monoisotopic (exact) mass is 327 g/mol. The van der Waals surface area contributed by atoms with Gasteiger partial charge in [-0.25, -0.2) is 0 Å². The molecule has 1 aromatic heterocycles. The average molecular weight is 328 g/mol. The summed E-state index contributed by atoms with van der Waals surface area (Å²) < 4.78 is 6.23. The van der Waals surface area contributed by atoms with E-state index in [0.717, 1.165) is 23.1 Å². The molecule has 0 saturated carbocycles. The molecule has 6 heteroatoms. The fraction of sp³-hybridized carbons (Fsp3) is 0.333. The lowest BCUT2D eigenvalue weighted by Crippen LogP contribution is -2.00. The molecule has 0 aliphatic rings. The van der Waals surface area contributed by atoms with Crippen molar-refractivity contribution in [3.05, 3.63) is 40.5 Å². The molecule has 0 unspecified atom stereocenters. The van der Waals surface area contributed by atoms with E-state index in [0.29, 0.717) is 18.2 Å². The van der Waals surface area contributed by atoms with Crippen molar-refractivity contribution < 1.29 is 4.52 Å². The highest BCUT2D eigenvalue weighted by molar-refractivity contribution is 9.10. The van der Waals surface area contributed by atoms with Crippen LogP contribution in [0.15, 0.2) is 38.2 Å². The molecular weight excluding hydrogens is 314 g/mol. The molecule has 0 atom stereocenters. The number of aromatic nitrogens is 2. The average Bonchev–Trinajstić information content (AvgIpc) is 2.83. The number of nitrogens with zero attached hydrogens (tertiary/aromatic N) is 2. The van der Waals surface area contributed by atoms with E-state index < -0.39 is 0 Å². The summed E-state index contributed by atoms with van der Waals surface area (Å²) in [7, 11) is 0. The van der Waals surface area contributed by atoms with Gasteiger partial charge in [0, 0.05) is 15.8 Å². The molecule has 0 aliphatic heterocycles. The van der Waals surface area contributed by atoms with Crippen molar-refractivity contribution in [2.75, 3.05) is 6.54 Å². The third-order valence-electron chi connectivity index (χ3n) is 2.30. The number of aryl methyl sites for hydroxylation is 1. The minimum absolute atomic E-state index is 0.642. The van der Waals surface area contributed by atoms with E-state index in [1.54, 1.807) is 11.8 Å². The zero-order valence-corrected chi connectivity index (χ0v) is 12.2. The van der Waals surface area contributed by atoms with Gasteiger partial charge in [0.05, 0.1) is 5.75 Å². The maximum Gasteiger partial charge on any atom is 0.226 e. The number of benzene rings is 1. The third-order valence-corrected chi connectivity index (χ3v) is 4.32. The molecule has 0 amide bonds. The maximum absolute atomic E-state index is 5.44. The Balaban J connectivity index is 1.90. The van der Waals surface area contributed by atoms with Crippen LogP contribution in [-0.4, -0.2) is 16.7 Å². The molecule has 4 nitrogen and oxygen atoms in total. The van der Waals surface area contributed by atoms with Gasteiger partial charge in [-0.3, -0.25) is 0 Å². The topological polar surface area (TPSA) is 64.9 Å². The summed E-state index contributed by atoms with van der Waals surface area (Å²) in [5, 5.41) is 3.95. The molecular formula is C12H14BrN3OS. The van der Waals surface area contributed by atoms with E-state index >= 15 is 0 Å². The molecule has 0 saturated heterocycles. The molecule has 0 bridgehead atoms. The smallest absolute Gasteiger partial charge is 0.226 e. The molecule has 1 aromatic carbocycles. The zero-order chi connectivity index (χ0) is 12.8. The van der Waals surface area contributed by atoms with Crippen LogP contribution >= 0.6 is 27.7 Å². The number of nitrogens with two attached hydrogens (primary N) is 1. The van der Waals surface area contributed by atoms with E-state index in [1.807, 2.05) is 18.2 Å². The number of hydrogen-bond acceptors (Lipinski definition) is 5. The van der Waals surface area contributed by atoms with Crippen LogP contribution in [0.25, 0.3) is 0 Å². The summed E-state index contributed by atoms with van der Waals surface area (Å²) in [4.78, 5) is 5.50. The van der Waals surface area contributed by atoms with E-state index in [9.17, 15) is 0 Å². The number of rotatable bonds is 6. The normalized spacial score (nSPS) is 10.8. The van der Waals surface area contributed by atoms with E-state index in [2.05, 4.69) is 32.1 Å². The Kier molecular flexibility index (Phi) is 5.22. The largest absolute Gasteiger partial charge is 0.339 e. The fourth-order valence-corrected chi connectivity index (χ4v) is 2.82. The summed E-state index contributed by atoms with van der Waals surface area (Å²) in [6, 6.07) is 8.08. The predicted molar refractivity (Wildman–Crippen MR) is 75.4 cm³/mol. The van der Waals surface area contributed by atoms with Crippen LogP contribution in [0, 0.1) is 0 Å². The molecule has 0 spiro atoms. The molecule has 1 heterocycles. The number of hydrogen-bond donors (Lipinski definition) is 1. The van der Waals surface area contributed by atoms with Gasteiger partial charge in [0.15, 0.2) is 5.82 Å². The molecule has 96 valence electrons. The SMILES string of the molecule is NCCCc1nc(CSc2ccccc2Br)no1. The zero-order valence-electron chi connectivity index (χ0n) is 9.80. The third kappa shape index (κ3) is 3.83. The summed E-state index contributed by atoms with van der Waals surface area (Å²) >= 11 is 5.19. The Morgan fingerprint density at radius 2 is 2.17 bits per heavy atom. The lowest BCUT2D eigenvalue weighted by Gasteiger charge is -2.00. The number of halogens is 1. The minimum atomic E-state index is 0.642. The first-order valence-corrected chi connectivity index (χ1v) is 7.46. The first-order chi connectivity index (χ1) is 8.79. The molecule has 0 radical (unpaired) electrons. The van der Waals surface area contributed by atoms with Crippen molar-refractivity contribution in [1.29, 1.82) is 0 Å². The highest BCUT2D eigenvalue weighted by Crippen LogP contribution is 2.28. The summed E-state index contributed by atoms with van der Waals surface area (Å²) in [6.45, 7) is 0.642. The quantitative estimate of drug-likeness (QED) is 0.826. The van der Waals surface area contributed by atoms with E-state index in [1.165, 1.54) is 4.90 Å².